The first-order valence-corrected chi connectivity index (χ1v) is 43.2. The van der Waals surface area contributed by atoms with Crippen LogP contribution in [0.3, 0.4) is 0 Å². The number of anilines is 5. The van der Waals surface area contributed by atoms with E-state index in [0.717, 1.165) is 202 Å². The van der Waals surface area contributed by atoms with E-state index in [9.17, 15) is 25.8 Å². The van der Waals surface area contributed by atoms with Crippen LogP contribution in [0.2, 0.25) is 0 Å². The van der Waals surface area contributed by atoms with E-state index in [2.05, 4.69) is 160 Å². The molecule has 0 unspecified atom stereocenters. The van der Waals surface area contributed by atoms with E-state index in [4.69, 9.17) is 15.3 Å². The minimum absolute atomic E-state index is 0.0248. The lowest BCUT2D eigenvalue weighted by molar-refractivity contribution is -0.118. The van der Waals surface area contributed by atoms with Gasteiger partial charge in [-0.25, -0.2) is 0 Å². The molecule has 0 atom stereocenters. The predicted molar refractivity (Wildman–Crippen MR) is 523 cm³/mol. The molecule has 638 valence electrons. The van der Waals surface area contributed by atoms with Crippen molar-refractivity contribution in [2.45, 2.75) is 99.5 Å². The summed E-state index contributed by atoms with van der Waals surface area (Å²) >= 11 is 0. The van der Waals surface area contributed by atoms with Crippen LogP contribution in [-0.2, 0) is 4.79 Å². The van der Waals surface area contributed by atoms with Crippen molar-refractivity contribution in [3.05, 3.63) is 338 Å². The van der Waals surface area contributed by atoms with Crippen LogP contribution in [0.1, 0.15) is 127 Å². The molecular formula is C110H101N17O2. The topological polar surface area (TPSA) is 307 Å². The van der Waals surface area contributed by atoms with Gasteiger partial charge in [0.25, 0.3) is 0 Å². The molecule has 16 aromatic rings. The van der Waals surface area contributed by atoms with Gasteiger partial charge in [0.05, 0.1) is 76.4 Å². The Morgan fingerprint density at radius 2 is 0.667 bits per heavy atom. The fourth-order valence-electron chi connectivity index (χ4n) is 15.2. The summed E-state index contributed by atoms with van der Waals surface area (Å²) in [4.78, 5) is 36.8. The van der Waals surface area contributed by atoms with Gasteiger partial charge in [0.15, 0.2) is 0 Å². The van der Waals surface area contributed by atoms with Crippen LogP contribution in [0.15, 0.2) is 305 Å². The van der Waals surface area contributed by atoms with Crippen molar-refractivity contribution < 1.29 is 9.53 Å². The van der Waals surface area contributed by atoms with E-state index >= 15 is 0 Å². The number of ether oxygens (including phenoxy) is 1. The summed E-state index contributed by atoms with van der Waals surface area (Å²) in [5.41, 5.74) is 22.0. The average Bonchev–Trinajstić information content (AvgIpc) is 1.62. The highest BCUT2D eigenvalue weighted by Gasteiger charge is 2.44. The molecular weight excluding hydrogens is 1590 g/mol. The maximum absolute atomic E-state index is 11.4. The SMILES string of the molecule is CC(=O)CC1(COc2ccncc2-c2ccc(C#N)cc2)CC1.CC(C)(C)Nc1ccncc1-c1ccc(C#N)c2ccccc12.CCCCNc1ccncc1-c1ccc(C#N)c2ccccc12.CCCNc1ccncc1-c1ccc(C#N)c2ccccc12.CCNc1ccncc1-c1ccc(C#N)c2ccccc12.CCNc1ccncc1-c1ccc(C#N)cc1. The van der Waals surface area contributed by atoms with E-state index < -0.39 is 0 Å². The third-order valence-electron chi connectivity index (χ3n) is 21.6. The van der Waals surface area contributed by atoms with E-state index in [1.54, 1.807) is 56.2 Å². The Morgan fingerprint density at radius 3 is 1.00 bits per heavy atom. The van der Waals surface area contributed by atoms with Crippen LogP contribution in [0.25, 0.3) is 110 Å². The highest BCUT2D eigenvalue weighted by atomic mass is 16.5. The summed E-state index contributed by atoms with van der Waals surface area (Å²) < 4.78 is 6.02. The maximum atomic E-state index is 11.4. The zero-order valence-electron chi connectivity index (χ0n) is 73.8. The number of pyridine rings is 6. The second kappa shape index (κ2) is 45.3. The number of aromatic nitrogens is 6. The Kier molecular flexibility index (Phi) is 32.2. The summed E-state index contributed by atoms with van der Waals surface area (Å²) in [6, 6.07) is 87.6. The minimum atomic E-state index is -0.0432. The van der Waals surface area contributed by atoms with Crippen molar-refractivity contribution in [3.63, 3.8) is 0 Å². The summed E-state index contributed by atoms with van der Waals surface area (Å²) in [5.74, 6) is 0.979. The van der Waals surface area contributed by atoms with Gasteiger partial charge in [0.2, 0.25) is 0 Å². The fourth-order valence-corrected chi connectivity index (χ4v) is 15.2. The molecule has 0 saturated heterocycles. The Hall–Kier alpha value is -16.5. The quantitative estimate of drug-likeness (QED) is 0.0372. The Morgan fingerprint density at radius 1 is 0.349 bits per heavy atom. The molecule has 6 aromatic heterocycles. The van der Waals surface area contributed by atoms with Gasteiger partial charge >= 0.3 is 0 Å². The van der Waals surface area contributed by atoms with Gasteiger partial charge in [0.1, 0.15) is 11.5 Å². The van der Waals surface area contributed by atoms with Gasteiger partial charge in [0, 0.05) is 201 Å². The molecule has 6 heterocycles. The van der Waals surface area contributed by atoms with Crippen LogP contribution >= 0.6 is 0 Å². The normalized spacial score (nSPS) is 11.2. The largest absolute Gasteiger partial charge is 0.492 e. The number of nitriles is 6. The molecule has 1 aliphatic carbocycles. The molecule has 1 saturated carbocycles. The van der Waals surface area contributed by atoms with Crippen LogP contribution in [0.4, 0.5) is 28.4 Å². The first-order chi connectivity index (χ1) is 63.0. The van der Waals surface area contributed by atoms with E-state index in [1.165, 1.54) is 0 Å². The Labute approximate surface area is 755 Å². The van der Waals surface area contributed by atoms with Crippen LogP contribution in [0.5, 0.6) is 5.75 Å². The fraction of sp³-hybridized carbons (Fsp3) is 0.191. The number of nitrogens with one attached hydrogen (secondary N) is 5. The van der Waals surface area contributed by atoms with Crippen molar-refractivity contribution >= 4 is 77.3 Å². The molecule has 1 aliphatic rings. The zero-order valence-corrected chi connectivity index (χ0v) is 73.8. The Bertz CT molecular complexity index is 6860. The highest BCUT2D eigenvalue weighted by Crippen LogP contribution is 2.50. The number of nitrogens with zero attached hydrogens (tertiary/aromatic N) is 12. The lowest BCUT2D eigenvalue weighted by Gasteiger charge is -2.24. The van der Waals surface area contributed by atoms with Crippen molar-refractivity contribution in [1.82, 2.24) is 29.9 Å². The summed E-state index contributed by atoms with van der Waals surface area (Å²) in [6.45, 7) is 20.6. The number of carbonyl (C=O) groups excluding carboxylic acids is 1. The second-order valence-corrected chi connectivity index (χ2v) is 31.9. The summed E-state index contributed by atoms with van der Waals surface area (Å²) in [5, 5.41) is 80.2. The van der Waals surface area contributed by atoms with Crippen LogP contribution < -0.4 is 31.3 Å². The van der Waals surface area contributed by atoms with Crippen molar-refractivity contribution in [2.75, 3.05) is 59.4 Å². The molecule has 1 fully saturated rings. The Balaban J connectivity index is 0.000000141. The zero-order chi connectivity index (χ0) is 90.9. The molecule has 129 heavy (non-hydrogen) atoms. The summed E-state index contributed by atoms with van der Waals surface area (Å²) in [7, 11) is 0. The lowest BCUT2D eigenvalue weighted by atomic mass is 9.95. The van der Waals surface area contributed by atoms with Crippen molar-refractivity contribution in [3.8, 4) is 109 Å². The molecule has 0 bridgehead atoms. The smallest absolute Gasteiger partial charge is 0.130 e. The van der Waals surface area contributed by atoms with Gasteiger partial charge in [-0.3, -0.25) is 29.9 Å². The predicted octanol–water partition coefficient (Wildman–Crippen LogP) is 25.6. The molecule has 17 rings (SSSR count). The number of fused-ring (bicyclic) bond motifs is 4. The molecule has 0 amide bonds. The number of ketones is 1. The number of hydrogen-bond acceptors (Lipinski definition) is 19. The average molecular weight is 1690 g/mol. The van der Waals surface area contributed by atoms with E-state index in [-0.39, 0.29) is 16.7 Å². The molecule has 19 heteroatoms. The molecule has 5 N–H and O–H groups in total. The molecule has 0 radical (unpaired) electrons. The first kappa shape index (κ1) is 91.7. The van der Waals surface area contributed by atoms with Gasteiger partial charge in [-0.15, -0.1) is 0 Å². The van der Waals surface area contributed by atoms with Gasteiger partial charge < -0.3 is 36.1 Å². The number of unbranched alkanes of at least 4 members (excludes halogenated alkanes) is 1. The van der Waals surface area contributed by atoms with Gasteiger partial charge in [-0.2, -0.15) is 31.6 Å². The number of hydrogen-bond donors (Lipinski definition) is 5. The van der Waals surface area contributed by atoms with Crippen LogP contribution in [-0.4, -0.2) is 74.0 Å². The first-order valence-electron chi connectivity index (χ1n) is 43.2. The monoisotopic (exact) mass is 1690 g/mol. The minimum Gasteiger partial charge on any atom is -0.492 e. The summed E-state index contributed by atoms with van der Waals surface area (Å²) in [6.07, 6.45) is 27.8. The lowest BCUT2D eigenvalue weighted by Crippen LogP contribution is -2.26. The molecule has 0 aliphatic heterocycles. The number of rotatable bonds is 23. The van der Waals surface area contributed by atoms with E-state index in [1.807, 2.05) is 237 Å². The van der Waals surface area contributed by atoms with E-state index in [0.29, 0.717) is 46.4 Å². The number of carbonyl (C=O) groups is 1. The van der Waals surface area contributed by atoms with Crippen LogP contribution in [0, 0.1) is 73.4 Å². The van der Waals surface area contributed by atoms with Crippen molar-refractivity contribution in [1.29, 1.82) is 31.6 Å². The van der Waals surface area contributed by atoms with Gasteiger partial charge in [-0.05, 0) is 207 Å². The van der Waals surface area contributed by atoms with Crippen molar-refractivity contribution in [2.24, 2.45) is 5.41 Å². The third kappa shape index (κ3) is 23.7. The molecule has 19 nitrogen and oxygen atoms in total. The van der Waals surface area contributed by atoms with Gasteiger partial charge in [-0.1, -0.05) is 166 Å². The standard InChI is InChI=1S/2C20H19N3.C19H17N3.C19H18N2O2.C18H15N3.C14H13N3/c1-20(2,3)23-19-10-11-22-13-18(19)17-9-8-14(12-21)15-6-4-5-7-16(15)17;1-2-3-11-23-20-10-12-22-14-19(20)18-9-8-15(13-21)16-6-4-5-7-17(16)18;1-2-10-22-19-9-11-21-13-18(19)17-8-7-14(12-20)15-5-3-4-6-16(15)17;1-14(22)10-19(7-8-19)13-23-18-6-9-21-12-17(18)16-4-2-15(11-20)3-5-16;1-2-21-18-9-10-20-12-17(18)16-8-7-13(11-19)14-5-3-4-6-15(14)16;1-2-17-14-7-8-16-10-13(14)12-5-3-11(9-15)4-6-12/h4-11,13H,1-3H3,(H,22,23);4-10,12,14H,2-3,11H2,1H3,(H,22,23);3-9,11,13H,2,10H2,1H3,(H,21,22);2-6,9,12H,7-8,10,13H2,1H3;3-10,12H,2H2,1H3,(H,20,21);3-8,10H,2H2,1H3,(H,16,17). The third-order valence-corrected chi connectivity index (χ3v) is 21.6. The molecule has 0 spiro atoms. The second-order valence-electron chi connectivity index (χ2n) is 31.9. The highest BCUT2D eigenvalue weighted by molar-refractivity contribution is 6.05. The molecule has 10 aromatic carbocycles. The maximum Gasteiger partial charge on any atom is 0.130 e. The number of Topliss-reactive ketones (excluding diaryl/α,β-unsaturated/α-hetero) is 1. The number of benzene rings is 10.